The summed E-state index contributed by atoms with van der Waals surface area (Å²) in [6.45, 7) is 17.8. The standard InChI is InChI=1S/C16H34N2S/c1-6-15-11-18(8-9-19-15)13-16(5,7-2)12-17-10-14(3)4/h14-15,17H,6-13H2,1-5H3. The molecule has 19 heavy (non-hydrogen) atoms. The Morgan fingerprint density at radius 3 is 2.68 bits per heavy atom. The maximum absolute atomic E-state index is 3.66. The number of rotatable bonds is 8. The largest absolute Gasteiger partial charge is 0.316 e. The second-order valence-electron chi connectivity index (χ2n) is 6.83. The normalized spacial score (nSPS) is 24.6. The average Bonchev–Trinajstić information content (AvgIpc) is 2.38. The van der Waals surface area contributed by atoms with Crippen LogP contribution in [0.15, 0.2) is 0 Å². The minimum Gasteiger partial charge on any atom is -0.316 e. The molecule has 114 valence electrons. The van der Waals surface area contributed by atoms with Gasteiger partial charge in [-0.15, -0.1) is 0 Å². The zero-order chi connectivity index (χ0) is 14.3. The second kappa shape index (κ2) is 8.53. The van der Waals surface area contributed by atoms with Crippen LogP contribution in [0.4, 0.5) is 0 Å². The number of hydrogen-bond acceptors (Lipinski definition) is 3. The molecule has 1 heterocycles. The summed E-state index contributed by atoms with van der Waals surface area (Å²) in [6, 6.07) is 0. The Morgan fingerprint density at radius 1 is 1.37 bits per heavy atom. The van der Waals surface area contributed by atoms with Gasteiger partial charge in [-0.05, 0) is 30.7 Å². The summed E-state index contributed by atoms with van der Waals surface area (Å²) >= 11 is 2.17. The van der Waals surface area contributed by atoms with Crippen LogP contribution < -0.4 is 5.32 Å². The van der Waals surface area contributed by atoms with E-state index < -0.39 is 0 Å². The van der Waals surface area contributed by atoms with Gasteiger partial charge in [0.1, 0.15) is 0 Å². The molecule has 0 saturated carbocycles. The lowest BCUT2D eigenvalue weighted by atomic mass is 9.86. The highest BCUT2D eigenvalue weighted by Gasteiger charge is 2.28. The van der Waals surface area contributed by atoms with E-state index >= 15 is 0 Å². The summed E-state index contributed by atoms with van der Waals surface area (Å²) < 4.78 is 0. The van der Waals surface area contributed by atoms with Gasteiger partial charge in [0, 0.05) is 37.2 Å². The van der Waals surface area contributed by atoms with Gasteiger partial charge in [0.2, 0.25) is 0 Å². The molecule has 1 saturated heterocycles. The maximum Gasteiger partial charge on any atom is 0.0172 e. The summed E-state index contributed by atoms with van der Waals surface area (Å²) in [5.41, 5.74) is 0.426. The molecule has 1 aliphatic rings. The highest BCUT2D eigenvalue weighted by atomic mass is 32.2. The van der Waals surface area contributed by atoms with Gasteiger partial charge in [0.05, 0.1) is 0 Å². The highest BCUT2D eigenvalue weighted by molar-refractivity contribution is 8.00. The van der Waals surface area contributed by atoms with Crippen LogP contribution in [0.3, 0.4) is 0 Å². The van der Waals surface area contributed by atoms with Crippen molar-refractivity contribution in [1.29, 1.82) is 0 Å². The fourth-order valence-electron chi connectivity index (χ4n) is 2.67. The van der Waals surface area contributed by atoms with Gasteiger partial charge in [0.15, 0.2) is 0 Å². The van der Waals surface area contributed by atoms with Crippen molar-refractivity contribution in [3.63, 3.8) is 0 Å². The van der Waals surface area contributed by atoms with Gasteiger partial charge in [-0.3, -0.25) is 0 Å². The summed E-state index contributed by atoms with van der Waals surface area (Å²) in [7, 11) is 0. The molecule has 0 radical (unpaired) electrons. The Bertz CT molecular complexity index is 245. The zero-order valence-electron chi connectivity index (χ0n) is 13.7. The fraction of sp³-hybridized carbons (Fsp3) is 1.00. The van der Waals surface area contributed by atoms with E-state index in [0.29, 0.717) is 5.41 Å². The molecule has 0 spiro atoms. The molecule has 0 bridgehead atoms. The van der Waals surface area contributed by atoms with E-state index in [1.54, 1.807) is 0 Å². The van der Waals surface area contributed by atoms with E-state index in [2.05, 4.69) is 56.6 Å². The summed E-state index contributed by atoms with van der Waals surface area (Å²) in [5, 5.41) is 4.52. The lowest BCUT2D eigenvalue weighted by Crippen LogP contribution is -2.47. The third-order valence-corrected chi connectivity index (χ3v) is 5.61. The van der Waals surface area contributed by atoms with Crippen molar-refractivity contribution in [3.05, 3.63) is 0 Å². The first-order chi connectivity index (χ1) is 8.99. The monoisotopic (exact) mass is 286 g/mol. The van der Waals surface area contributed by atoms with Crippen molar-refractivity contribution >= 4 is 11.8 Å². The topological polar surface area (TPSA) is 15.3 Å². The van der Waals surface area contributed by atoms with Crippen molar-refractivity contribution in [1.82, 2.24) is 10.2 Å². The van der Waals surface area contributed by atoms with Gasteiger partial charge in [-0.25, -0.2) is 0 Å². The minimum absolute atomic E-state index is 0.426. The van der Waals surface area contributed by atoms with Crippen LogP contribution in [-0.2, 0) is 0 Å². The van der Waals surface area contributed by atoms with Crippen molar-refractivity contribution in [3.8, 4) is 0 Å². The zero-order valence-corrected chi connectivity index (χ0v) is 14.5. The maximum atomic E-state index is 3.66. The first kappa shape index (κ1) is 17.3. The van der Waals surface area contributed by atoms with Crippen molar-refractivity contribution in [2.45, 2.75) is 52.7 Å². The molecule has 2 nitrogen and oxygen atoms in total. The number of nitrogens with zero attached hydrogens (tertiary/aromatic N) is 1. The fourth-order valence-corrected chi connectivity index (χ4v) is 3.92. The lowest BCUT2D eigenvalue weighted by Gasteiger charge is -2.39. The number of nitrogens with one attached hydrogen (secondary N) is 1. The van der Waals surface area contributed by atoms with Gasteiger partial charge in [-0.1, -0.05) is 34.6 Å². The van der Waals surface area contributed by atoms with E-state index in [0.717, 1.165) is 24.3 Å². The molecular weight excluding hydrogens is 252 g/mol. The van der Waals surface area contributed by atoms with Crippen molar-refractivity contribution in [2.24, 2.45) is 11.3 Å². The second-order valence-corrected chi connectivity index (χ2v) is 8.23. The molecular formula is C16H34N2S. The van der Waals surface area contributed by atoms with E-state index in [1.807, 2.05) is 0 Å². The van der Waals surface area contributed by atoms with E-state index in [-0.39, 0.29) is 0 Å². The Kier molecular flexibility index (Phi) is 7.78. The Labute approximate surface area is 125 Å². The van der Waals surface area contributed by atoms with Crippen LogP contribution in [0, 0.1) is 11.3 Å². The molecule has 2 unspecified atom stereocenters. The Morgan fingerprint density at radius 2 is 2.11 bits per heavy atom. The third kappa shape index (κ3) is 6.50. The quantitative estimate of drug-likeness (QED) is 0.735. The predicted octanol–water partition coefficient (Wildman–Crippen LogP) is 3.48. The Balaban J connectivity index is 2.40. The molecule has 0 aliphatic carbocycles. The van der Waals surface area contributed by atoms with Gasteiger partial charge in [-0.2, -0.15) is 11.8 Å². The molecule has 0 aromatic heterocycles. The average molecular weight is 287 g/mol. The van der Waals surface area contributed by atoms with E-state index in [9.17, 15) is 0 Å². The van der Waals surface area contributed by atoms with Crippen molar-refractivity contribution < 1.29 is 0 Å². The Hall–Kier alpha value is 0.270. The van der Waals surface area contributed by atoms with Crippen LogP contribution >= 0.6 is 11.8 Å². The summed E-state index contributed by atoms with van der Waals surface area (Å²) in [5.74, 6) is 2.06. The van der Waals surface area contributed by atoms with E-state index in [1.165, 1.54) is 38.2 Å². The molecule has 1 rings (SSSR count). The third-order valence-electron chi connectivity index (χ3n) is 4.24. The molecule has 3 heteroatoms. The van der Waals surface area contributed by atoms with Crippen molar-refractivity contribution in [2.75, 3.05) is 38.5 Å². The van der Waals surface area contributed by atoms with Crippen LogP contribution in [0.5, 0.6) is 0 Å². The van der Waals surface area contributed by atoms with Crippen LogP contribution in [0.1, 0.15) is 47.5 Å². The van der Waals surface area contributed by atoms with Gasteiger partial charge >= 0.3 is 0 Å². The SMILES string of the molecule is CCC1CN(CC(C)(CC)CNCC(C)C)CCS1. The lowest BCUT2D eigenvalue weighted by molar-refractivity contribution is 0.157. The smallest absolute Gasteiger partial charge is 0.0172 e. The number of hydrogen-bond donors (Lipinski definition) is 1. The summed E-state index contributed by atoms with van der Waals surface area (Å²) in [4.78, 5) is 2.70. The molecule has 2 atom stereocenters. The molecule has 0 amide bonds. The van der Waals surface area contributed by atoms with Crippen LogP contribution in [0.2, 0.25) is 0 Å². The van der Waals surface area contributed by atoms with Gasteiger partial charge in [0.25, 0.3) is 0 Å². The van der Waals surface area contributed by atoms with Crippen LogP contribution in [0.25, 0.3) is 0 Å². The highest BCUT2D eigenvalue weighted by Crippen LogP contribution is 2.26. The molecule has 1 aliphatic heterocycles. The molecule has 1 fully saturated rings. The molecule has 0 aromatic carbocycles. The molecule has 0 aromatic rings. The first-order valence-corrected chi connectivity index (χ1v) is 9.08. The molecule has 1 N–H and O–H groups in total. The van der Waals surface area contributed by atoms with Gasteiger partial charge < -0.3 is 10.2 Å². The minimum atomic E-state index is 0.426. The summed E-state index contributed by atoms with van der Waals surface area (Å²) in [6.07, 6.45) is 2.58. The van der Waals surface area contributed by atoms with E-state index in [4.69, 9.17) is 0 Å². The predicted molar refractivity (Wildman–Crippen MR) is 89.1 cm³/mol. The first-order valence-electron chi connectivity index (χ1n) is 8.03. The number of thioether (sulfide) groups is 1. The van der Waals surface area contributed by atoms with Crippen LogP contribution in [-0.4, -0.2) is 48.6 Å².